The first kappa shape index (κ1) is 14.0. The number of nitrogens with one attached hydrogen (secondary N) is 1. The number of anilines is 2. The van der Waals surface area contributed by atoms with Crippen LogP contribution in [0.4, 0.5) is 11.4 Å². The van der Waals surface area contributed by atoms with E-state index in [1.54, 1.807) is 19.2 Å². The van der Waals surface area contributed by atoms with Gasteiger partial charge in [0.1, 0.15) is 11.8 Å². The summed E-state index contributed by atoms with van der Waals surface area (Å²) in [6.07, 6.45) is 0. The Morgan fingerprint density at radius 2 is 2.15 bits per heavy atom. The van der Waals surface area contributed by atoms with Crippen molar-refractivity contribution in [3.8, 4) is 11.8 Å². The average molecular weight is 288 g/mol. The van der Waals surface area contributed by atoms with E-state index in [0.717, 1.165) is 17.0 Å². The number of rotatable bonds is 4. The number of benzene rings is 2. The lowest BCUT2D eigenvalue weighted by Crippen LogP contribution is -2.03. The number of methoxy groups -OCH3 is 1. The normalized spacial score (nSPS) is 9.85. The van der Waals surface area contributed by atoms with E-state index in [-0.39, 0.29) is 0 Å². The van der Waals surface area contributed by atoms with Gasteiger partial charge in [-0.05, 0) is 30.3 Å². The van der Waals surface area contributed by atoms with Crippen molar-refractivity contribution in [1.29, 1.82) is 5.26 Å². The molecular weight excluding hydrogens is 274 g/mol. The molecule has 2 aromatic carbocycles. The summed E-state index contributed by atoms with van der Waals surface area (Å²) < 4.78 is 5.28. The van der Waals surface area contributed by atoms with E-state index in [0.29, 0.717) is 22.8 Å². The van der Waals surface area contributed by atoms with E-state index in [1.807, 2.05) is 24.3 Å². The highest BCUT2D eigenvalue weighted by atomic mass is 35.5. The van der Waals surface area contributed by atoms with Crippen LogP contribution >= 0.6 is 11.6 Å². The molecule has 3 N–H and O–H groups in total. The third-order valence-corrected chi connectivity index (χ3v) is 3.29. The highest BCUT2D eigenvalue weighted by Crippen LogP contribution is 2.27. The quantitative estimate of drug-likeness (QED) is 0.845. The Labute approximate surface area is 122 Å². The fourth-order valence-electron chi connectivity index (χ4n) is 1.86. The van der Waals surface area contributed by atoms with Gasteiger partial charge in [0.15, 0.2) is 0 Å². The second kappa shape index (κ2) is 6.18. The second-order valence-corrected chi connectivity index (χ2v) is 4.60. The van der Waals surface area contributed by atoms with Crippen molar-refractivity contribution in [2.75, 3.05) is 18.2 Å². The lowest BCUT2D eigenvalue weighted by atomic mass is 10.1. The van der Waals surface area contributed by atoms with Crippen LogP contribution in [0.5, 0.6) is 5.75 Å². The molecule has 0 heterocycles. The average Bonchev–Trinajstić information content (AvgIpc) is 2.47. The predicted octanol–water partition coefficient (Wildman–Crippen LogP) is 3.41. The van der Waals surface area contributed by atoms with Crippen LogP contribution in [0.2, 0.25) is 5.02 Å². The lowest BCUT2D eigenvalue weighted by molar-refractivity contribution is 0.410. The molecule has 0 saturated heterocycles. The molecule has 0 fully saturated rings. The molecule has 0 atom stereocenters. The van der Waals surface area contributed by atoms with E-state index in [2.05, 4.69) is 11.4 Å². The summed E-state index contributed by atoms with van der Waals surface area (Å²) in [7, 11) is 1.60. The summed E-state index contributed by atoms with van der Waals surface area (Å²) >= 11 is 6.17. The highest BCUT2D eigenvalue weighted by molar-refractivity contribution is 6.31. The van der Waals surface area contributed by atoms with Crippen LogP contribution in [0.15, 0.2) is 36.4 Å². The van der Waals surface area contributed by atoms with E-state index >= 15 is 0 Å². The van der Waals surface area contributed by atoms with Crippen molar-refractivity contribution in [3.63, 3.8) is 0 Å². The van der Waals surface area contributed by atoms with Crippen LogP contribution in [0.1, 0.15) is 11.1 Å². The molecule has 0 unspecified atom stereocenters. The molecule has 2 rings (SSSR count). The van der Waals surface area contributed by atoms with Gasteiger partial charge < -0.3 is 15.8 Å². The van der Waals surface area contributed by atoms with E-state index < -0.39 is 0 Å². The van der Waals surface area contributed by atoms with Crippen LogP contribution in [-0.2, 0) is 6.54 Å². The monoisotopic (exact) mass is 287 g/mol. The van der Waals surface area contributed by atoms with Crippen LogP contribution in [-0.4, -0.2) is 7.11 Å². The maximum absolute atomic E-state index is 8.96. The molecule has 102 valence electrons. The minimum absolute atomic E-state index is 0.445. The van der Waals surface area contributed by atoms with Gasteiger partial charge in [0.2, 0.25) is 0 Å². The largest absolute Gasteiger partial charge is 0.496 e. The summed E-state index contributed by atoms with van der Waals surface area (Å²) in [5.41, 5.74) is 8.27. The van der Waals surface area contributed by atoms with Crippen LogP contribution in [0.25, 0.3) is 0 Å². The van der Waals surface area contributed by atoms with Gasteiger partial charge in [0.25, 0.3) is 0 Å². The molecule has 0 aliphatic carbocycles. The molecule has 0 amide bonds. The first-order chi connectivity index (χ1) is 9.65. The van der Waals surface area contributed by atoms with E-state index in [1.165, 1.54) is 0 Å². The Bertz CT molecular complexity index is 665. The topological polar surface area (TPSA) is 71.1 Å². The molecule has 0 saturated carbocycles. The van der Waals surface area contributed by atoms with Gasteiger partial charge in [-0.1, -0.05) is 17.7 Å². The fraction of sp³-hybridized carbons (Fsp3) is 0.133. The smallest absolute Gasteiger partial charge is 0.125 e. The summed E-state index contributed by atoms with van der Waals surface area (Å²) in [4.78, 5) is 0. The summed E-state index contributed by atoms with van der Waals surface area (Å²) in [5, 5.41) is 12.8. The van der Waals surface area contributed by atoms with Gasteiger partial charge in [-0.15, -0.1) is 0 Å². The Morgan fingerprint density at radius 1 is 1.35 bits per heavy atom. The minimum Gasteiger partial charge on any atom is -0.496 e. The zero-order valence-electron chi connectivity index (χ0n) is 11.0. The molecule has 0 aliphatic rings. The Hall–Kier alpha value is -2.38. The number of nitrogen functional groups attached to an aromatic ring is 1. The maximum Gasteiger partial charge on any atom is 0.125 e. The Kier molecular flexibility index (Phi) is 4.34. The zero-order valence-corrected chi connectivity index (χ0v) is 11.7. The van der Waals surface area contributed by atoms with Crippen molar-refractivity contribution < 1.29 is 4.74 Å². The molecule has 0 bridgehead atoms. The summed E-state index contributed by atoms with van der Waals surface area (Å²) in [6, 6.07) is 12.8. The molecular formula is C15H14ClN3O. The first-order valence-electron chi connectivity index (χ1n) is 6.00. The number of nitrogens with zero attached hydrogens (tertiary/aromatic N) is 1. The molecule has 4 nitrogen and oxygen atoms in total. The van der Waals surface area contributed by atoms with E-state index in [4.69, 9.17) is 27.3 Å². The Balaban J connectivity index is 2.19. The third-order valence-electron chi connectivity index (χ3n) is 2.94. The van der Waals surface area contributed by atoms with Gasteiger partial charge >= 0.3 is 0 Å². The van der Waals surface area contributed by atoms with Crippen LogP contribution in [0, 0.1) is 11.3 Å². The van der Waals surface area contributed by atoms with Crippen molar-refractivity contribution in [1.82, 2.24) is 0 Å². The van der Waals surface area contributed by atoms with Gasteiger partial charge in [-0.25, -0.2) is 0 Å². The highest BCUT2D eigenvalue weighted by Gasteiger charge is 2.07. The minimum atomic E-state index is 0.445. The van der Waals surface area contributed by atoms with E-state index in [9.17, 15) is 0 Å². The van der Waals surface area contributed by atoms with Crippen molar-refractivity contribution >= 4 is 23.0 Å². The number of nitriles is 1. The van der Waals surface area contributed by atoms with Crippen LogP contribution < -0.4 is 15.8 Å². The molecule has 20 heavy (non-hydrogen) atoms. The number of nitrogens with two attached hydrogens (primary N) is 1. The molecule has 0 aromatic heterocycles. The Morgan fingerprint density at radius 3 is 2.85 bits per heavy atom. The number of halogens is 1. The number of ether oxygens (including phenoxy) is 1. The standard InChI is InChI=1S/C15H14ClN3O/c1-20-15-4-2-3-13(16)12(15)9-19-11-5-6-14(18)10(7-11)8-17/h2-7,19H,9,18H2,1H3. The second-order valence-electron chi connectivity index (χ2n) is 4.19. The third kappa shape index (κ3) is 2.95. The lowest BCUT2D eigenvalue weighted by Gasteiger charge is -2.12. The van der Waals surface area contributed by atoms with Gasteiger partial charge in [-0.3, -0.25) is 0 Å². The van der Waals surface area contributed by atoms with Gasteiger partial charge in [0.05, 0.1) is 12.7 Å². The van der Waals surface area contributed by atoms with Gasteiger partial charge in [-0.2, -0.15) is 5.26 Å². The van der Waals surface area contributed by atoms with Crippen molar-refractivity contribution in [2.24, 2.45) is 0 Å². The number of hydrogen-bond acceptors (Lipinski definition) is 4. The van der Waals surface area contributed by atoms with Gasteiger partial charge in [0, 0.05) is 28.5 Å². The molecule has 0 spiro atoms. The van der Waals surface area contributed by atoms with Crippen molar-refractivity contribution in [3.05, 3.63) is 52.5 Å². The SMILES string of the molecule is COc1cccc(Cl)c1CNc1ccc(N)c(C#N)c1. The summed E-state index contributed by atoms with van der Waals surface area (Å²) in [5.74, 6) is 0.723. The van der Waals surface area contributed by atoms with Crippen molar-refractivity contribution in [2.45, 2.75) is 6.54 Å². The fourth-order valence-corrected chi connectivity index (χ4v) is 2.09. The molecule has 2 aromatic rings. The predicted molar refractivity (Wildman–Crippen MR) is 80.9 cm³/mol. The summed E-state index contributed by atoms with van der Waals surface area (Å²) in [6.45, 7) is 0.498. The molecule has 5 heteroatoms. The first-order valence-corrected chi connectivity index (χ1v) is 6.38. The zero-order chi connectivity index (χ0) is 14.5. The van der Waals surface area contributed by atoms with Crippen LogP contribution in [0.3, 0.4) is 0 Å². The molecule has 0 radical (unpaired) electrons. The number of hydrogen-bond donors (Lipinski definition) is 2. The maximum atomic E-state index is 8.96. The molecule has 0 aliphatic heterocycles.